The van der Waals surface area contributed by atoms with Gasteiger partial charge in [-0.1, -0.05) is 42.1 Å². The number of nitrogens with zero attached hydrogens (tertiary/aromatic N) is 1. The van der Waals surface area contributed by atoms with Crippen molar-refractivity contribution in [2.45, 2.75) is 11.7 Å². The third kappa shape index (κ3) is 3.49. The van der Waals surface area contributed by atoms with Crippen molar-refractivity contribution < 1.29 is 9.18 Å². The molecule has 2 aromatic carbocycles. The number of para-hydroxylation sites is 1. The lowest BCUT2D eigenvalue weighted by molar-refractivity contribution is -0.118. The quantitative estimate of drug-likeness (QED) is 0.945. The van der Waals surface area contributed by atoms with Crippen LogP contribution in [0, 0.1) is 5.82 Å². The first-order valence-corrected chi connectivity index (χ1v) is 7.44. The standard InChI is InChI=1S/C16H13FN2OS/c17-12-8-6-11(7-9-12)10-14-15(20)19-16(21-14)18-13-4-2-1-3-5-13/h1-9,14H,10H2,(H,18,19,20). The summed E-state index contributed by atoms with van der Waals surface area (Å²) in [4.78, 5) is 16.4. The van der Waals surface area contributed by atoms with Gasteiger partial charge in [0.25, 0.3) is 0 Å². The Morgan fingerprint density at radius 2 is 1.81 bits per heavy atom. The fourth-order valence-corrected chi connectivity index (χ4v) is 3.08. The van der Waals surface area contributed by atoms with Crippen LogP contribution >= 0.6 is 11.8 Å². The van der Waals surface area contributed by atoms with Crippen LogP contribution in [0.25, 0.3) is 0 Å². The highest BCUT2D eigenvalue weighted by Crippen LogP contribution is 2.25. The topological polar surface area (TPSA) is 41.5 Å². The first-order valence-electron chi connectivity index (χ1n) is 6.56. The summed E-state index contributed by atoms with van der Waals surface area (Å²) in [5, 5.41) is 3.17. The van der Waals surface area contributed by atoms with E-state index in [-0.39, 0.29) is 17.0 Å². The monoisotopic (exact) mass is 300 g/mol. The van der Waals surface area contributed by atoms with Gasteiger partial charge in [0.2, 0.25) is 5.91 Å². The zero-order chi connectivity index (χ0) is 14.7. The molecule has 0 bridgehead atoms. The van der Waals surface area contributed by atoms with E-state index < -0.39 is 0 Å². The molecule has 3 nitrogen and oxygen atoms in total. The highest BCUT2D eigenvalue weighted by Gasteiger charge is 2.30. The Morgan fingerprint density at radius 1 is 1.10 bits per heavy atom. The summed E-state index contributed by atoms with van der Waals surface area (Å²) in [6, 6.07) is 15.7. The Balaban J connectivity index is 1.70. The zero-order valence-corrected chi connectivity index (χ0v) is 11.9. The molecule has 1 unspecified atom stereocenters. The van der Waals surface area contributed by atoms with E-state index in [1.54, 1.807) is 12.1 Å². The lowest BCUT2D eigenvalue weighted by atomic mass is 10.1. The first-order chi connectivity index (χ1) is 10.2. The summed E-state index contributed by atoms with van der Waals surface area (Å²) >= 11 is 1.41. The largest absolute Gasteiger partial charge is 0.304 e. The van der Waals surface area contributed by atoms with Gasteiger partial charge in [0.05, 0.1) is 10.9 Å². The van der Waals surface area contributed by atoms with Gasteiger partial charge in [-0.05, 0) is 36.2 Å². The molecule has 21 heavy (non-hydrogen) atoms. The summed E-state index contributed by atoms with van der Waals surface area (Å²) in [5.74, 6) is -0.326. The molecule has 1 N–H and O–H groups in total. The second kappa shape index (κ2) is 6.10. The zero-order valence-electron chi connectivity index (χ0n) is 11.1. The molecule has 1 aliphatic heterocycles. The van der Waals surface area contributed by atoms with E-state index in [4.69, 9.17) is 0 Å². The minimum Gasteiger partial charge on any atom is -0.304 e. The van der Waals surface area contributed by atoms with Gasteiger partial charge in [0.15, 0.2) is 5.17 Å². The summed E-state index contributed by atoms with van der Waals surface area (Å²) in [5.41, 5.74) is 1.74. The van der Waals surface area contributed by atoms with Gasteiger partial charge < -0.3 is 5.32 Å². The average molecular weight is 300 g/mol. The molecule has 3 rings (SSSR count). The molecule has 2 aromatic rings. The molecule has 0 aromatic heterocycles. The lowest BCUT2D eigenvalue weighted by Crippen LogP contribution is -2.25. The number of carbonyl (C=O) groups excluding carboxylic acids is 1. The SMILES string of the molecule is O=C1NC(=Nc2ccccc2)SC1Cc1ccc(F)cc1. The normalized spacial score (nSPS) is 19.8. The third-order valence-electron chi connectivity index (χ3n) is 3.10. The molecule has 1 atom stereocenters. The molecule has 0 spiro atoms. The van der Waals surface area contributed by atoms with Gasteiger partial charge in [-0.15, -0.1) is 0 Å². The van der Waals surface area contributed by atoms with Crippen molar-refractivity contribution in [3.8, 4) is 0 Å². The van der Waals surface area contributed by atoms with E-state index in [0.29, 0.717) is 11.6 Å². The lowest BCUT2D eigenvalue weighted by Gasteiger charge is -2.04. The first kappa shape index (κ1) is 13.8. The Morgan fingerprint density at radius 3 is 2.52 bits per heavy atom. The minimum absolute atomic E-state index is 0.0565. The minimum atomic E-state index is -0.270. The van der Waals surface area contributed by atoms with Crippen LogP contribution < -0.4 is 5.32 Å². The van der Waals surface area contributed by atoms with Crippen molar-refractivity contribution in [3.05, 3.63) is 66.0 Å². The van der Waals surface area contributed by atoms with E-state index in [2.05, 4.69) is 10.3 Å². The van der Waals surface area contributed by atoms with Crippen molar-refractivity contribution in [2.24, 2.45) is 4.99 Å². The summed E-state index contributed by atoms with van der Waals surface area (Å²) in [6.45, 7) is 0. The van der Waals surface area contributed by atoms with Crippen LogP contribution in [0.1, 0.15) is 5.56 Å². The molecule has 1 saturated heterocycles. The fraction of sp³-hybridized carbons (Fsp3) is 0.125. The van der Waals surface area contributed by atoms with E-state index in [1.165, 1.54) is 23.9 Å². The van der Waals surface area contributed by atoms with Crippen LogP contribution in [0.5, 0.6) is 0 Å². The number of rotatable bonds is 3. The van der Waals surface area contributed by atoms with Gasteiger partial charge in [-0.25, -0.2) is 9.38 Å². The third-order valence-corrected chi connectivity index (χ3v) is 4.18. The molecule has 0 saturated carbocycles. The molecular weight excluding hydrogens is 287 g/mol. The van der Waals surface area contributed by atoms with Crippen LogP contribution in [0.3, 0.4) is 0 Å². The highest BCUT2D eigenvalue weighted by molar-refractivity contribution is 8.15. The molecule has 1 amide bonds. The molecular formula is C16H13FN2OS. The van der Waals surface area contributed by atoms with E-state index in [0.717, 1.165) is 11.3 Å². The average Bonchev–Trinajstić information content (AvgIpc) is 2.82. The number of carbonyl (C=O) groups is 1. The molecule has 5 heteroatoms. The summed E-state index contributed by atoms with van der Waals surface area (Å²) in [6.07, 6.45) is 0.560. The van der Waals surface area contributed by atoms with Crippen LogP contribution in [0.15, 0.2) is 59.6 Å². The van der Waals surface area contributed by atoms with Crippen molar-refractivity contribution >= 4 is 28.5 Å². The number of hydrogen-bond donors (Lipinski definition) is 1. The number of halogens is 1. The van der Waals surface area contributed by atoms with Gasteiger partial charge in [0, 0.05) is 0 Å². The van der Waals surface area contributed by atoms with Crippen LogP contribution in [-0.4, -0.2) is 16.3 Å². The van der Waals surface area contributed by atoms with Gasteiger partial charge >= 0.3 is 0 Å². The number of amidine groups is 1. The maximum atomic E-state index is 12.9. The van der Waals surface area contributed by atoms with Crippen molar-refractivity contribution in [2.75, 3.05) is 0 Å². The summed E-state index contributed by atoms with van der Waals surface area (Å²) in [7, 11) is 0. The van der Waals surface area contributed by atoms with E-state index in [1.807, 2.05) is 30.3 Å². The van der Waals surface area contributed by atoms with Crippen molar-refractivity contribution in [3.63, 3.8) is 0 Å². The molecule has 106 valence electrons. The predicted molar refractivity (Wildman–Crippen MR) is 83.2 cm³/mol. The second-order valence-corrected chi connectivity index (χ2v) is 5.87. The smallest absolute Gasteiger partial charge is 0.239 e. The van der Waals surface area contributed by atoms with Gasteiger partial charge in [-0.3, -0.25) is 4.79 Å². The number of nitrogens with one attached hydrogen (secondary N) is 1. The Labute approximate surface area is 126 Å². The predicted octanol–water partition coefficient (Wildman–Crippen LogP) is 3.29. The Kier molecular flexibility index (Phi) is 4.01. The van der Waals surface area contributed by atoms with Gasteiger partial charge in [-0.2, -0.15) is 0 Å². The second-order valence-electron chi connectivity index (χ2n) is 4.68. The van der Waals surface area contributed by atoms with E-state index in [9.17, 15) is 9.18 Å². The Hall–Kier alpha value is -2.14. The van der Waals surface area contributed by atoms with E-state index >= 15 is 0 Å². The van der Waals surface area contributed by atoms with Crippen molar-refractivity contribution in [1.29, 1.82) is 0 Å². The van der Waals surface area contributed by atoms with Crippen LogP contribution in [-0.2, 0) is 11.2 Å². The summed E-state index contributed by atoms with van der Waals surface area (Å²) < 4.78 is 12.9. The Bertz CT molecular complexity index is 670. The molecule has 0 radical (unpaired) electrons. The van der Waals surface area contributed by atoms with Crippen LogP contribution in [0.2, 0.25) is 0 Å². The van der Waals surface area contributed by atoms with Crippen molar-refractivity contribution in [1.82, 2.24) is 5.32 Å². The molecule has 1 aliphatic rings. The molecule has 1 heterocycles. The number of hydrogen-bond acceptors (Lipinski definition) is 3. The molecule has 1 fully saturated rings. The number of amides is 1. The maximum Gasteiger partial charge on any atom is 0.239 e. The number of benzene rings is 2. The number of aliphatic imine (C=N–C) groups is 1. The van der Waals surface area contributed by atoms with Crippen LogP contribution in [0.4, 0.5) is 10.1 Å². The van der Waals surface area contributed by atoms with Gasteiger partial charge in [0.1, 0.15) is 5.82 Å². The number of thioether (sulfide) groups is 1. The maximum absolute atomic E-state index is 12.9. The molecule has 0 aliphatic carbocycles. The highest BCUT2D eigenvalue weighted by atomic mass is 32.2. The fourth-order valence-electron chi connectivity index (χ4n) is 2.05.